The van der Waals surface area contributed by atoms with E-state index in [1.165, 1.54) is 0 Å². The first kappa shape index (κ1) is 12.4. The smallest absolute Gasteiger partial charge is 0 e. The Kier molecular flexibility index (Phi) is 13.6. The molecule has 0 atom stereocenters. The van der Waals surface area contributed by atoms with E-state index in [1.54, 1.807) is 0 Å². The van der Waals surface area contributed by atoms with Gasteiger partial charge >= 0.3 is 0 Å². The molecule has 0 aliphatic carbocycles. The molecule has 1 rings (SSSR count). The van der Waals surface area contributed by atoms with Gasteiger partial charge in [-0.25, -0.2) is 0 Å². The minimum atomic E-state index is 0. The van der Waals surface area contributed by atoms with E-state index in [0.717, 1.165) is 0 Å². The maximum absolute atomic E-state index is 2.00. The first-order valence-electron chi connectivity index (χ1n) is 2.00. The summed E-state index contributed by atoms with van der Waals surface area (Å²) in [5.41, 5.74) is 0. The van der Waals surface area contributed by atoms with Crippen molar-refractivity contribution in [2.75, 3.05) is 0 Å². The monoisotopic (exact) mass is 158 g/mol. The van der Waals surface area contributed by atoms with Gasteiger partial charge in [0, 0.05) is 75.5 Å². The minimum Gasteiger partial charge on any atom is -0.0623 e. The van der Waals surface area contributed by atoms with Crippen LogP contribution in [-0.4, -0.2) is 75.5 Å². The fourth-order valence-corrected chi connectivity index (χ4v) is 0.385. The summed E-state index contributed by atoms with van der Waals surface area (Å²) in [6.07, 6.45) is 0. The molecule has 0 saturated carbocycles. The topological polar surface area (TPSA) is 0 Å². The Morgan fingerprint density at radius 3 is 0.625 bits per heavy atom. The van der Waals surface area contributed by atoms with Crippen molar-refractivity contribution in [3.63, 3.8) is 0 Å². The van der Waals surface area contributed by atoms with E-state index >= 15 is 0 Å². The van der Waals surface area contributed by atoms with Gasteiger partial charge in [-0.05, 0) is 0 Å². The van der Waals surface area contributed by atoms with Gasteiger partial charge in [0.2, 0.25) is 0 Å². The molecule has 4 radical (unpaired) electrons. The Labute approximate surface area is 110 Å². The van der Waals surface area contributed by atoms with Crippen molar-refractivity contribution in [2.24, 2.45) is 0 Å². The first-order valence-corrected chi connectivity index (χ1v) is 2.00. The summed E-state index contributed by atoms with van der Waals surface area (Å²) in [5, 5.41) is 0. The quantitative estimate of drug-likeness (QED) is 0.493. The maximum Gasteiger partial charge on any atom is 0 e. The SMILES string of the molecule is [Ca].[Ca].c1ccccc1. The molecule has 0 saturated heterocycles. The van der Waals surface area contributed by atoms with Gasteiger partial charge in [0.25, 0.3) is 0 Å². The van der Waals surface area contributed by atoms with Crippen molar-refractivity contribution >= 4 is 75.5 Å². The van der Waals surface area contributed by atoms with Gasteiger partial charge in [0.1, 0.15) is 0 Å². The molecule has 0 aromatic heterocycles. The van der Waals surface area contributed by atoms with Gasteiger partial charge in [-0.2, -0.15) is 0 Å². The van der Waals surface area contributed by atoms with Crippen molar-refractivity contribution < 1.29 is 0 Å². The summed E-state index contributed by atoms with van der Waals surface area (Å²) in [4.78, 5) is 0. The third-order valence-electron chi connectivity index (χ3n) is 0.667. The van der Waals surface area contributed by atoms with Gasteiger partial charge in [0.05, 0.1) is 0 Å². The van der Waals surface area contributed by atoms with E-state index in [4.69, 9.17) is 0 Å². The van der Waals surface area contributed by atoms with Crippen LogP contribution in [0, 0.1) is 0 Å². The Morgan fingerprint density at radius 2 is 0.500 bits per heavy atom. The van der Waals surface area contributed by atoms with Crippen LogP contribution < -0.4 is 0 Å². The Bertz CT molecular complexity index is 78.5. The van der Waals surface area contributed by atoms with E-state index in [9.17, 15) is 0 Å². The Balaban J connectivity index is 0. The summed E-state index contributed by atoms with van der Waals surface area (Å²) in [7, 11) is 0. The van der Waals surface area contributed by atoms with Crippen LogP contribution in [0.3, 0.4) is 0 Å². The van der Waals surface area contributed by atoms with E-state index in [1.807, 2.05) is 36.4 Å². The molecule has 0 heterocycles. The molecular weight excluding hydrogens is 152 g/mol. The average Bonchev–Trinajstić information content (AvgIpc) is 1.72. The number of hydrogen-bond acceptors (Lipinski definition) is 0. The van der Waals surface area contributed by atoms with E-state index in [-0.39, 0.29) is 75.5 Å². The third kappa shape index (κ3) is 5.87. The molecular formula is C6H6Ca2. The molecule has 0 fully saturated rings. The zero-order valence-electron chi connectivity index (χ0n) is 4.88. The predicted octanol–water partition coefficient (Wildman–Crippen LogP) is 0.925. The normalized spacial score (nSPS) is 6.00. The largest absolute Gasteiger partial charge is 0.0623 e. The van der Waals surface area contributed by atoms with Crippen molar-refractivity contribution in [2.45, 2.75) is 0 Å². The van der Waals surface area contributed by atoms with Crippen LogP contribution in [0.15, 0.2) is 36.4 Å². The summed E-state index contributed by atoms with van der Waals surface area (Å²) >= 11 is 0. The van der Waals surface area contributed by atoms with Gasteiger partial charge in [-0.3, -0.25) is 0 Å². The predicted molar refractivity (Wildman–Crippen MR) is 38.0 cm³/mol. The summed E-state index contributed by atoms with van der Waals surface area (Å²) in [5.74, 6) is 0. The van der Waals surface area contributed by atoms with Crippen molar-refractivity contribution in [1.82, 2.24) is 0 Å². The molecule has 1 aromatic rings. The molecule has 0 spiro atoms. The van der Waals surface area contributed by atoms with Crippen molar-refractivity contribution in [3.8, 4) is 0 Å². The third-order valence-corrected chi connectivity index (χ3v) is 0.667. The van der Waals surface area contributed by atoms with E-state index in [0.29, 0.717) is 0 Å². The molecule has 0 N–H and O–H groups in total. The Morgan fingerprint density at radius 1 is 0.375 bits per heavy atom. The van der Waals surface area contributed by atoms with Gasteiger partial charge < -0.3 is 0 Å². The Hall–Kier alpha value is 1.74. The standard InChI is InChI=1S/C6H6.2Ca/c1-2-4-6-5-3-1;;/h1-6H;;. The van der Waals surface area contributed by atoms with Crippen molar-refractivity contribution in [1.29, 1.82) is 0 Å². The zero-order chi connectivity index (χ0) is 4.24. The molecule has 0 aliphatic rings. The summed E-state index contributed by atoms with van der Waals surface area (Å²) < 4.78 is 0. The fourth-order valence-electron chi connectivity index (χ4n) is 0.385. The molecule has 0 amide bonds. The summed E-state index contributed by atoms with van der Waals surface area (Å²) in [6, 6.07) is 12.0. The van der Waals surface area contributed by atoms with Crippen LogP contribution in [0.1, 0.15) is 0 Å². The first-order chi connectivity index (χ1) is 3.00. The van der Waals surface area contributed by atoms with E-state index < -0.39 is 0 Å². The molecule has 8 heavy (non-hydrogen) atoms. The molecule has 0 nitrogen and oxygen atoms in total. The fraction of sp³-hybridized carbons (Fsp3) is 0. The van der Waals surface area contributed by atoms with E-state index in [2.05, 4.69) is 0 Å². The average molecular weight is 158 g/mol. The molecule has 0 unspecified atom stereocenters. The second-order valence-corrected chi connectivity index (χ2v) is 1.15. The molecule has 0 bridgehead atoms. The summed E-state index contributed by atoms with van der Waals surface area (Å²) in [6.45, 7) is 0. The minimum absolute atomic E-state index is 0. The van der Waals surface area contributed by atoms with Crippen LogP contribution in [0.25, 0.3) is 0 Å². The van der Waals surface area contributed by atoms with Crippen molar-refractivity contribution in [3.05, 3.63) is 36.4 Å². The number of hydrogen-bond donors (Lipinski definition) is 0. The van der Waals surface area contributed by atoms with Crippen LogP contribution in [0.2, 0.25) is 0 Å². The van der Waals surface area contributed by atoms with Gasteiger partial charge in [0.15, 0.2) is 0 Å². The molecule has 2 heteroatoms. The maximum atomic E-state index is 2.00. The van der Waals surface area contributed by atoms with Crippen LogP contribution in [0.4, 0.5) is 0 Å². The molecule has 0 aliphatic heterocycles. The van der Waals surface area contributed by atoms with Crippen LogP contribution in [0.5, 0.6) is 0 Å². The second-order valence-electron chi connectivity index (χ2n) is 1.15. The van der Waals surface area contributed by atoms with Gasteiger partial charge in [-0.1, -0.05) is 36.4 Å². The number of rotatable bonds is 0. The zero-order valence-corrected chi connectivity index (χ0v) is 9.30. The van der Waals surface area contributed by atoms with Gasteiger partial charge in [-0.15, -0.1) is 0 Å². The van der Waals surface area contributed by atoms with Crippen LogP contribution in [-0.2, 0) is 0 Å². The second kappa shape index (κ2) is 8.74. The molecule has 34 valence electrons. The number of benzene rings is 1. The van der Waals surface area contributed by atoms with Crippen LogP contribution >= 0.6 is 0 Å². The molecule has 1 aromatic carbocycles.